The zero-order valence-electron chi connectivity index (χ0n) is 9.24. The van der Waals surface area contributed by atoms with Crippen LogP contribution in [0.25, 0.3) is 5.69 Å². The van der Waals surface area contributed by atoms with E-state index in [-0.39, 0.29) is 12.3 Å². The molecule has 0 atom stereocenters. The fourth-order valence-corrected chi connectivity index (χ4v) is 1.55. The Hall–Kier alpha value is -2.08. The second-order valence-electron chi connectivity index (χ2n) is 3.56. The van der Waals surface area contributed by atoms with Crippen molar-refractivity contribution in [2.45, 2.75) is 6.61 Å². The molecule has 0 spiro atoms. The van der Waals surface area contributed by atoms with E-state index in [2.05, 4.69) is 5.10 Å². The van der Waals surface area contributed by atoms with Crippen LogP contribution >= 0.6 is 0 Å². The minimum atomic E-state index is -0.420. The number of rotatable bonds is 3. The lowest BCUT2D eigenvalue weighted by atomic mass is 10.3. The summed E-state index contributed by atoms with van der Waals surface area (Å²) in [7, 11) is 1.50. The Bertz CT molecular complexity index is 589. The van der Waals surface area contributed by atoms with Gasteiger partial charge >= 0.3 is 0 Å². The SMILES string of the molecule is COCc1[nH]n(-c2cccc(F)c2)c(=O)c1N. The maximum absolute atomic E-state index is 13.1. The fourth-order valence-electron chi connectivity index (χ4n) is 1.55. The third-order valence-corrected chi connectivity index (χ3v) is 2.36. The second kappa shape index (κ2) is 4.42. The van der Waals surface area contributed by atoms with Crippen molar-refractivity contribution in [3.63, 3.8) is 0 Å². The normalized spacial score (nSPS) is 10.7. The number of halogens is 1. The lowest BCUT2D eigenvalue weighted by Gasteiger charge is -2.01. The van der Waals surface area contributed by atoms with E-state index >= 15 is 0 Å². The van der Waals surface area contributed by atoms with E-state index in [4.69, 9.17) is 10.5 Å². The largest absolute Gasteiger partial charge is 0.393 e. The Morgan fingerprint density at radius 2 is 2.29 bits per heavy atom. The topological polar surface area (TPSA) is 73.0 Å². The number of benzene rings is 1. The molecule has 3 N–H and O–H groups in total. The number of anilines is 1. The Labute approximate surface area is 96.6 Å². The molecule has 1 aromatic heterocycles. The van der Waals surface area contributed by atoms with Crippen LogP contribution in [0, 0.1) is 5.82 Å². The fraction of sp³-hybridized carbons (Fsp3) is 0.182. The van der Waals surface area contributed by atoms with Gasteiger partial charge in [0.25, 0.3) is 5.56 Å². The smallest absolute Gasteiger partial charge is 0.294 e. The third kappa shape index (κ3) is 2.07. The number of nitrogens with one attached hydrogen (secondary N) is 1. The number of aromatic amines is 1. The van der Waals surface area contributed by atoms with Crippen molar-refractivity contribution in [2.24, 2.45) is 0 Å². The zero-order valence-corrected chi connectivity index (χ0v) is 9.24. The first kappa shape index (κ1) is 11.4. The van der Waals surface area contributed by atoms with Crippen LogP contribution in [0.4, 0.5) is 10.1 Å². The molecular weight excluding hydrogens is 225 g/mol. The molecule has 90 valence electrons. The minimum absolute atomic E-state index is 0.0797. The summed E-state index contributed by atoms with van der Waals surface area (Å²) in [6.07, 6.45) is 0. The number of aromatic nitrogens is 2. The number of H-pyrrole nitrogens is 1. The molecule has 0 saturated heterocycles. The minimum Gasteiger partial charge on any atom is -0.393 e. The summed E-state index contributed by atoms with van der Waals surface area (Å²) in [4.78, 5) is 11.8. The predicted octanol–water partition coefficient (Wildman–Crippen LogP) is 1.03. The number of nitrogen functional groups attached to an aromatic ring is 1. The van der Waals surface area contributed by atoms with Crippen LogP contribution in [-0.2, 0) is 11.3 Å². The predicted molar refractivity (Wildman–Crippen MR) is 61.5 cm³/mol. The van der Waals surface area contributed by atoms with E-state index in [1.165, 1.54) is 30.0 Å². The Morgan fingerprint density at radius 1 is 1.53 bits per heavy atom. The molecule has 1 heterocycles. The average molecular weight is 237 g/mol. The van der Waals surface area contributed by atoms with Crippen molar-refractivity contribution < 1.29 is 9.13 Å². The molecule has 0 saturated carbocycles. The second-order valence-corrected chi connectivity index (χ2v) is 3.56. The first-order valence-corrected chi connectivity index (χ1v) is 4.97. The van der Waals surface area contributed by atoms with Crippen molar-refractivity contribution in [1.82, 2.24) is 9.78 Å². The number of nitrogens with two attached hydrogens (primary N) is 1. The number of hydrogen-bond donors (Lipinski definition) is 2. The van der Waals surface area contributed by atoms with Gasteiger partial charge in [-0.3, -0.25) is 9.89 Å². The van der Waals surface area contributed by atoms with Crippen LogP contribution in [0.3, 0.4) is 0 Å². The molecule has 0 fully saturated rings. The maximum Gasteiger partial charge on any atom is 0.294 e. The van der Waals surface area contributed by atoms with Crippen LogP contribution < -0.4 is 11.3 Å². The van der Waals surface area contributed by atoms with Gasteiger partial charge in [-0.1, -0.05) is 6.07 Å². The average Bonchev–Trinajstić information content (AvgIpc) is 2.58. The number of hydrogen-bond acceptors (Lipinski definition) is 3. The third-order valence-electron chi connectivity index (χ3n) is 2.36. The van der Waals surface area contributed by atoms with Crippen LogP contribution in [0.2, 0.25) is 0 Å². The van der Waals surface area contributed by atoms with Gasteiger partial charge in [0.2, 0.25) is 0 Å². The monoisotopic (exact) mass is 237 g/mol. The maximum atomic E-state index is 13.1. The highest BCUT2D eigenvalue weighted by Gasteiger charge is 2.12. The molecule has 0 aliphatic carbocycles. The van der Waals surface area contributed by atoms with E-state index in [1.807, 2.05) is 0 Å². The summed E-state index contributed by atoms with van der Waals surface area (Å²) < 4.78 is 19.1. The number of methoxy groups -OCH3 is 1. The van der Waals surface area contributed by atoms with Gasteiger partial charge in [-0.2, -0.15) is 0 Å². The standard InChI is InChI=1S/C11H12FN3O2/c1-17-6-9-10(13)11(16)15(14-9)8-4-2-3-7(12)5-8/h2-5,14H,6,13H2,1H3. The molecule has 0 amide bonds. The summed E-state index contributed by atoms with van der Waals surface area (Å²) in [6, 6.07) is 5.67. The van der Waals surface area contributed by atoms with E-state index in [0.717, 1.165) is 0 Å². The summed E-state index contributed by atoms with van der Waals surface area (Å²) in [6.45, 7) is 0.198. The molecule has 6 heteroatoms. The van der Waals surface area contributed by atoms with Gasteiger partial charge in [-0.25, -0.2) is 9.07 Å². The summed E-state index contributed by atoms with van der Waals surface area (Å²) in [5.41, 5.74) is 6.16. The molecule has 0 unspecified atom stereocenters. The Morgan fingerprint density at radius 3 is 2.94 bits per heavy atom. The molecule has 1 aromatic carbocycles. The van der Waals surface area contributed by atoms with E-state index in [9.17, 15) is 9.18 Å². The zero-order chi connectivity index (χ0) is 12.4. The molecule has 2 aromatic rings. The quantitative estimate of drug-likeness (QED) is 0.837. The lowest BCUT2D eigenvalue weighted by molar-refractivity contribution is 0.181. The van der Waals surface area contributed by atoms with Gasteiger partial charge in [-0.15, -0.1) is 0 Å². The van der Waals surface area contributed by atoms with Gasteiger partial charge in [0.1, 0.15) is 11.5 Å². The first-order chi connectivity index (χ1) is 8.13. The van der Waals surface area contributed by atoms with Crippen LogP contribution in [0.1, 0.15) is 5.69 Å². The van der Waals surface area contributed by atoms with Crippen LogP contribution in [-0.4, -0.2) is 16.9 Å². The molecule has 17 heavy (non-hydrogen) atoms. The van der Waals surface area contributed by atoms with Crippen molar-refractivity contribution in [2.75, 3.05) is 12.8 Å². The number of nitrogens with zero attached hydrogens (tertiary/aromatic N) is 1. The summed E-state index contributed by atoms with van der Waals surface area (Å²) in [5.74, 6) is -0.420. The number of ether oxygens (including phenoxy) is 1. The van der Waals surface area contributed by atoms with E-state index in [0.29, 0.717) is 11.4 Å². The molecule has 0 aliphatic heterocycles. The molecule has 2 rings (SSSR count). The van der Waals surface area contributed by atoms with Crippen molar-refractivity contribution in [3.05, 3.63) is 46.1 Å². The Kier molecular flexibility index (Phi) is 2.97. The lowest BCUT2D eigenvalue weighted by Crippen LogP contribution is -2.16. The van der Waals surface area contributed by atoms with Crippen molar-refractivity contribution in [3.8, 4) is 5.69 Å². The van der Waals surface area contributed by atoms with Gasteiger partial charge in [0, 0.05) is 7.11 Å². The molecule has 0 bridgehead atoms. The summed E-state index contributed by atoms with van der Waals surface area (Å²) >= 11 is 0. The van der Waals surface area contributed by atoms with E-state index in [1.54, 1.807) is 6.07 Å². The molecular formula is C11H12FN3O2. The molecule has 5 nitrogen and oxygen atoms in total. The highest BCUT2D eigenvalue weighted by molar-refractivity contribution is 5.44. The summed E-state index contributed by atoms with van der Waals surface area (Å²) in [5, 5.41) is 2.78. The van der Waals surface area contributed by atoms with E-state index < -0.39 is 11.4 Å². The van der Waals surface area contributed by atoms with Gasteiger partial charge in [0.05, 0.1) is 18.0 Å². The van der Waals surface area contributed by atoms with Gasteiger partial charge in [0.15, 0.2) is 0 Å². The molecule has 0 radical (unpaired) electrons. The van der Waals surface area contributed by atoms with Crippen molar-refractivity contribution in [1.29, 1.82) is 0 Å². The van der Waals surface area contributed by atoms with Gasteiger partial charge in [-0.05, 0) is 18.2 Å². The highest BCUT2D eigenvalue weighted by Crippen LogP contribution is 2.11. The van der Waals surface area contributed by atoms with Crippen molar-refractivity contribution >= 4 is 5.69 Å². The van der Waals surface area contributed by atoms with Crippen LogP contribution in [0.15, 0.2) is 29.1 Å². The first-order valence-electron chi connectivity index (χ1n) is 4.97. The van der Waals surface area contributed by atoms with Gasteiger partial charge < -0.3 is 10.5 Å². The highest BCUT2D eigenvalue weighted by atomic mass is 19.1. The molecule has 0 aliphatic rings. The van der Waals surface area contributed by atoms with Crippen LogP contribution in [0.5, 0.6) is 0 Å². The Balaban J connectivity index is 2.53.